The Bertz CT molecular complexity index is 1150. The molecule has 0 aliphatic heterocycles. The van der Waals surface area contributed by atoms with E-state index >= 15 is 0 Å². The summed E-state index contributed by atoms with van der Waals surface area (Å²) in [6.45, 7) is 1.84. The first-order chi connectivity index (χ1) is 13.6. The Kier molecular flexibility index (Phi) is 4.97. The maximum absolute atomic E-state index is 12.0. The minimum Gasteiger partial charge on any atom is -0.310 e. The molecule has 4 rings (SSSR count). The molecule has 4 aromatic rings. The van der Waals surface area contributed by atoms with Gasteiger partial charge in [0.2, 0.25) is 5.91 Å². The highest BCUT2D eigenvalue weighted by atomic mass is 35.5. The van der Waals surface area contributed by atoms with E-state index in [9.17, 15) is 4.79 Å². The number of halogens is 2. The fourth-order valence-corrected chi connectivity index (χ4v) is 3.11. The van der Waals surface area contributed by atoms with E-state index in [0.717, 1.165) is 11.4 Å². The van der Waals surface area contributed by atoms with Gasteiger partial charge in [-0.05, 0) is 31.2 Å². The number of benzene rings is 1. The zero-order chi connectivity index (χ0) is 19.7. The molecule has 0 spiro atoms. The van der Waals surface area contributed by atoms with Crippen LogP contribution in [0.1, 0.15) is 12.1 Å². The van der Waals surface area contributed by atoms with Gasteiger partial charge in [0.05, 0.1) is 23.0 Å². The zero-order valence-corrected chi connectivity index (χ0v) is 16.3. The standard InChI is InChI=1S/C18H15Cl2N7O/c1-11-8-15(24-16(28)6-7-19)27(25-11)18-14-9-23-26(17(14)21-10-22-18)13-4-2-12(20)3-5-13/h2-5,8-10H,6-7H2,1H3,(H,24,28). The third kappa shape index (κ3) is 3.44. The first-order valence-corrected chi connectivity index (χ1v) is 9.35. The number of amides is 1. The van der Waals surface area contributed by atoms with Gasteiger partial charge in [0.1, 0.15) is 12.1 Å². The number of nitrogens with zero attached hydrogens (tertiary/aromatic N) is 6. The Balaban J connectivity index is 1.81. The summed E-state index contributed by atoms with van der Waals surface area (Å²) in [4.78, 5) is 20.7. The molecule has 0 bridgehead atoms. The molecular formula is C18H15Cl2N7O. The van der Waals surface area contributed by atoms with Gasteiger partial charge in [0, 0.05) is 23.4 Å². The Hall–Kier alpha value is -2.97. The van der Waals surface area contributed by atoms with E-state index in [0.29, 0.717) is 27.7 Å². The van der Waals surface area contributed by atoms with E-state index in [-0.39, 0.29) is 18.2 Å². The van der Waals surface area contributed by atoms with Crippen molar-refractivity contribution in [3.8, 4) is 11.5 Å². The van der Waals surface area contributed by atoms with Crippen LogP contribution in [0.3, 0.4) is 0 Å². The molecule has 0 aliphatic carbocycles. The summed E-state index contributed by atoms with van der Waals surface area (Å²) in [6.07, 6.45) is 3.31. The van der Waals surface area contributed by atoms with Gasteiger partial charge in [0.15, 0.2) is 11.5 Å². The van der Waals surface area contributed by atoms with E-state index in [4.69, 9.17) is 23.2 Å². The van der Waals surface area contributed by atoms with Crippen molar-refractivity contribution < 1.29 is 4.79 Å². The van der Waals surface area contributed by atoms with E-state index in [2.05, 4.69) is 25.5 Å². The van der Waals surface area contributed by atoms with Crippen molar-refractivity contribution in [3.63, 3.8) is 0 Å². The Morgan fingerprint density at radius 2 is 1.96 bits per heavy atom. The maximum Gasteiger partial charge on any atom is 0.226 e. The summed E-state index contributed by atoms with van der Waals surface area (Å²) in [5, 5.41) is 13.0. The highest BCUT2D eigenvalue weighted by Gasteiger charge is 2.17. The maximum atomic E-state index is 12.0. The highest BCUT2D eigenvalue weighted by molar-refractivity contribution is 6.30. The lowest BCUT2D eigenvalue weighted by molar-refractivity contribution is -0.115. The van der Waals surface area contributed by atoms with Crippen molar-refractivity contribution in [2.24, 2.45) is 0 Å². The lowest BCUT2D eigenvalue weighted by Crippen LogP contribution is -2.15. The van der Waals surface area contributed by atoms with Crippen LogP contribution in [0.15, 0.2) is 42.9 Å². The summed E-state index contributed by atoms with van der Waals surface area (Å²) >= 11 is 11.6. The monoisotopic (exact) mass is 415 g/mol. The topological polar surface area (TPSA) is 90.5 Å². The molecule has 10 heteroatoms. The predicted octanol–water partition coefficient (Wildman–Crippen LogP) is 3.53. The molecule has 1 N–H and O–H groups in total. The molecule has 0 radical (unpaired) electrons. The molecule has 142 valence electrons. The number of aromatic nitrogens is 6. The van der Waals surface area contributed by atoms with Crippen LogP contribution in [-0.2, 0) is 4.79 Å². The minimum atomic E-state index is -0.196. The van der Waals surface area contributed by atoms with Gasteiger partial charge in [-0.2, -0.15) is 14.9 Å². The third-order valence-corrected chi connectivity index (χ3v) is 4.48. The Labute approximate surface area is 170 Å². The average Bonchev–Trinajstić information content (AvgIpc) is 3.26. The van der Waals surface area contributed by atoms with Crippen LogP contribution in [0.4, 0.5) is 5.82 Å². The molecule has 0 unspecified atom stereocenters. The number of hydrogen-bond acceptors (Lipinski definition) is 5. The SMILES string of the molecule is Cc1cc(NC(=O)CCCl)n(-c2ncnc3c2cnn3-c2ccc(Cl)cc2)n1. The normalized spacial score (nSPS) is 11.1. The van der Waals surface area contributed by atoms with Crippen molar-refractivity contribution in [1.82, 2.24) is 29.5 Å². The quantitative estimate of drug-likeness (QED) is 0.503. The molecule has 1 amide bonds. The smallest absolute Gasteiger partial charge is 0.226 e. The number of anilines is 1. The van der Waals surface area contributed by atoms with E-state index in [1.165, 1.54) is 6.33 Å². The molecule has 0 fully saturated rings. The van der Waals surface area contributed by atoms with Crippen molar-refractivity contribution >= 4 is 46.0 Å². The second-order valence-electron chi connectivity index (χ2n) is 6.04. The van der Waals surface area contributed by atoms with Crippen LogP contribution in [0.25, 0.3) is 22.5 Å². The zero-order valence-electron chi connectivity index (χ0n) is 14.8. The van der Waals surface area contributed by atoms with Crippen molar-refractivity contribution in [2.45, 2.75) is 13.3 Å². The fourth-order valence-electron chi connectivity index (χ4n) is 2.81. The number of carbonyl (C=O) groups is 1. The van der Waals surface area contributed by atoms with Crippen LogP contribution < -0.4 is 5.32 Å². The molecule has 0 saturated heterocycles. The number of nitrogens with one attached hydrogen (secondary N) is 1. The number of carbonyl (C=O) groups excluding carboxylic acids is 1. The second-order valence-corrected chi connectivity index (χ2v) is 6.85. The van der Waals surface area contributed by atoms with Gasteiger partial charge in [0.25, 0.3) is 0 Å². The van der Waals surface area contributed by atoms with Crippen LogP contribution in [0, 0.1) is 6.92 Å². The van der Waals surface area contributed by atoms with Crippen molar-refractivity contribution in [1.29, 1.82) is 0 Å². The van der Waals surface area contributed by atoms with Crippen LogP contribution in [-0.4, -0.2) is 41.3 Å². The van der Waals surface area contributed by atoms with Gasteiger partial charge in [-0.25, -0.2) is 14.6 Å². The summed E-state index contributed by atoms with van der Waals surface area (Å²) in [6, 6.07) is 9.05. The summed E-state index contributed by atoms with van der Waals surface area (Å²) in [5.74, 6) is 1.06. The number of alkyl halides is 1. The second kappa shape index (κ2) is 7.57. The average molecular weight is 416 g/mol. The first kappa shape index (κ1) is 18.4. The van der Waals surface area contributed by atoms with Crippen LogP contribution >= 0.6 is 23.2 Å². The Morgan fingerprint density at radius 1 is 1.18 bits per heavy atom. The van der Waals surface area contributed by atoms with E-state index < -0.39 is 0 Å². The molecule has 1 aromatic carbocycles. The van der Waals surface area contributed by atoms with Crippen LogP contribution in [0.5, 0.6) is 0 Å². The van der Waals surface area contributed by atoms with E-state index in [1.54, 1.807) is 33.8 Å². The summed E-state index contributed by atoms with van der Waals surface area (Å²) in [5.41, 5.74) is 2.16. The van der Waals surface area contributed by atoms with Crippen molar-refractivity contribution in [2.75, 3.05) is 11.2 Å². The fraction of sp³-hybridized carbons (Fsp3) is 0.167. The first-order valence-electron chi connectivity index (χ1n) is 8.44. The minimum absolute atomic E-state index is 0.196. The molecule has 0 aliphatic rings. The summed E-state index contributed by atoms with van der Waals surface area (Å²) in [7, 11) is 0. The lowest BCUT2D eigenvalue weighted by Gasteiger charge is -2.08. The molecule has 28 heavy (non-hydrogen) atoms. The van der Waals surface area contributed by atoms with Gasteiger partial charge >= 0.3 is 0 Å². The molecule has 0 saturated carbocycles. The van der Waals surface area contributed by atoms with E-state index in [1.807, 2.05) is 19.1 Å². The molecule has 0 atom stereocenters. The highest BCUT2D eigenvalue weighted by Crippen LogP contribution is 2.24. The van der Waals surface area contributed by atoms with Crippen LogP contribution in [0.2, 0.25) is 5.02 Å². The van der Waals surface area contributed by atoms with Gasteiger partial charge in [-0.15, -0.1) is 11.6 Å². The number of fused-ring (bicyclic) bond motifs is 1. The number of aryl methyl sites for hydroxylation is 1. The summed E-state index contributed by atoms with van der Waals surface area (Å²) < 4.78 is 3.26. The third-order valence-electron chi connectivity index (χ3n) is 4.04. The van der Waals surface area contributed by atoms with Gasteiger partial charge in [-0.1, -0.05) is 11.6 Å². The molecular weight excluding hydrogens is 401 g/mol. The van der Waals surface area contributed by atoms with Gasteiger partial charge < -0.3 is 5.32 Å². The Morgan fingerprint density at radius 3 is 2.71 bits per heavy atom. The number of rotatable bonds is 5. The molecule has 3 aromatic heterocycles. The van der Waals surface area contributed by atoms with Gasteiger partial charge in [-0.3, -0.25) is 4.79 Å². The largest absolute Gasteiger partial charge is 0.310 e. The van der Waals surface area contributed by atoms with Crippen molar-refractivity contribution in [3.05, 3.63) is 53.6 Å². The number of hydrogen-bond donors (Lipinski definition) is 1. The predicted molar refractivity (Wildman–Crippen MR) is 107 cm³/mol. The molecule has 8 nitrogen and oxygen atoms in total. The lowest BCUT2D eigenvalue weighted by atomic mass is 10.3. The molecule has 3 heterocycles.